The van der Waals surface area contributed by atoms with Crippen LogP contribution in [0.25, 0.3) is 0 Å². The molecule has 1 saturated heterocycles. The summed E-state index contributed by atoms with van der Waals surface area (Å²) in [5.74, 6) is 0.799. The number of rotatable bonds is 11. The van der Waals surface area contributed by atoms with Crippen LogP contribution in [0.5, 0.6) is 5.75 Å². The molecule has 0 aliphatic carbocycles. The van der Waals surface area contributed by atoms with Crippen molar-refractivity contribution in [2.75, 3.05) is 32.8 Å². The molecular formula is C21H35N3O3. The van der Waals surface area contributed by atoms with Crippen LogP contribution in [0, 0.1) is 0 Å². The van der Waals surface area contributed by atoms with E-state index in [0.29, 0.717) is 12.6 Å². The highest BCUT2D eigenvalue weighted by atomic mass is 16.5. The van der Waals surface area contributed by atoms with Crippen molar-refractivity contribution in [2.45, 2.75) is 57.6 Å². The number of para-hydroxylation sites is 1. The zero-order valence-corrected chi connectivity index (χ0v) is 16.5. The van der Waals surface area contributed by atoms with E-state index < -0.39 is 6.10 Å². The van der Waals surface area contributed by atoms with E-state index in [9.17, 15) is 9.90 Å². The fraction of sp³-hybridized carbons (Fsp3) is 0.667. The quantitative estimate of drug-likeness (QED) is 0.519. The van der Waals surface area contributed by atoms with Gasteiger partial charge in [0.15, 0.2) is 0 Å². The van der Waals surface area contributed by atoms with Crippen molar-refractivity contribution in [1.82, 2.24) is 15.5 Å². The van der Waals surface area contributed by atoms with E-state index >= 15 is 0 Å². The van der Waals surface area contributed by atoms with Gasteiger partial charge in [-0.05, 0) is 57.2 Å². The smallest absolute Gasteiger partial charge is 0.317 e. The van der Waals surface area contributed by atoms with Crippen molar-refractivity contribution in [2.24, 2.45) is 0 Å². The zero-order chi connectivity index (χ0) is 19.3. The molecule has 1 aliphatic heterocycles. The van der Waals surface area contributed by atoms with Crippen molar-refractivity contribution in [3.63, 3.8) is 0 Å². The first-order valence-corrected chi connectivity index (χ1v) is 10.3. The molecule has 1 heterocycles. The molecule has 0 spiro atoms. The number of aliphatic hydroxyl groups is 1. The van der Waals surface area contributed by atoms with Crippen LogP contribution in [-0.2, 0) is 0 Å². The molecular weight excluding hydrogens is 342 g/mol. The van der Waals surface area contributed by atoms with Crippen LogP contribution in [0.15, 0.2) is 30.3 Å². The number of unbranched alkanes of at least 4 members (excludes halogenated alkanes) is 1. The largest absolute Gasteiger partial charge is 0.491 e. The zero-order valence-electron chi connectivity index (χ0n) is 16.5. The Labute approximate surface area is 163 Å². The molecule has 1 aliphatic rings. The van der Waals surface area contributed by atoms with Crippen molar-refractivity contribution < 1.29 is 14.6 Å². The number of likely N-dealkylation sites (tertiary alicyclic amines) is 1. The third-order valence-corrected chi connectivity index (χ3v) is 4.89. The molecule has 6 heteroatoms. The SMILES string of the molecule is CCCNC(=O)N1CCC(NCCCCC(O)COc2ccccc2)CC1. The third-order valence-electron chi connectivity index (χ3n) is 4.89. The molecule has 1 atom stereocenters. The van der Waals surface area contributed by atoms with Gasteiger partial charge in [0.25, 0.3) is 0 Å². The highest BCUT2D eigenvalue weighted by Gasteiger charge is 2.21. The molecule has 152 valence electrons. The number of aliphatic hydroxyl groups excluding tert-OH is 1. The molecule has 2 amide bonds. The minimum absolute atomic E-state index is 0.0713. The number of ether oxygens (including phenoxy) is 1. The Kier molecular flexibility index (Phi) is 10.0. The van der Waals surface area contributed by atoms with Crippen molar-refractivity contribution >= 4 is 6.03 Å². The number of carbonyl (C=O) groups excluding carboxylic acids is 1. The van der Waals surface area contributed by atoms with Gasteiger partial charge >= 0.3 is 6.03 Å². The van der Waals surface area contributed by atoms with E-state index in [1.807, 2.05) is 35.2 Å². The second-order valence-electron chi connectivity index (χ2n) is 7.22. The number of urea groups is 1. The standard InChI is InChI=1S/C21H35N3O3/c1-2-13-23-21(26)24-15-11-18(12-16-24)22-14-7-6-8-19(25)17-27-20-9-4-3-5-10-20/h3-5,9-10,18-19,22,25H,2,6-8,11-17H2,1H3,(H,23,26). The molecule has 0 bridgehead atoms. The number of hydrogen-bond acceptors (Lipinski definition) is 4. The highest BCUT2D eigenvalue weighted by Crippen LogP contribution is 2.12. The number of carbonyl (C=O) groups is 1. The lowest BCUT2D eigenvalue weighted by molar-refractivity contribution is 0.0975. The van der Waals surface area contributed by atoms with E-state index in [0.717, 1.165) is 70.5 Å². The predicted octanol–water partition coefficient (Wildman–Crippen LogP) is 2.77. The summed E-state index contributed by atoms with van der Waals surface area (Å²) in [6.07, 6.45) is 5.33. The Morgan fingerprint density at radius 2 is 1.96 bits per heavy atom. The van der Waals surface area contributed by atoms with Crippen molar-refractivity contribution in [3.05, 3.63) is 30.3 Å². The molecule has 0 radical (unpaired) electrons. The topological polar surface area (TPSA) is 73.8 Å². The average Bonchev–Trinajstić information content (AvgIpc) is 2.71. The Bertz CT molecular complexity index is 519. The van der Waals surface area contributed by atoms with E-state index in [2.05, 4.69) is 17.6 Å². The first-order valence-electron chi connectivity index (χ1n) is 10.3. The Morgan fingerprint density at radius 1 is 1.22 bits per heavy atom. The summed E-state index contributed by atoms with van der Waals surface area (Å²) in [5.41, 5.74) is 0. The van der Waals surface area contributed by atoms with Gasteiger partial charge in [-0.25, -0.2) is 4.79 Å². The summed E-state index contributed by atoms with van der Waals surface area (Å²) in [7, 11) is 0. The van der Waals surface area contributed by atoms with Gasteiger partial charge in [-0.1, -0.05) is 25.1 Å². The molecule has 6 nitrogen and oxygen atoms in total. The van der Waals surface area contributed by atoms with E-state index in [-0.39, 0.29) is 6.03 Å². The maximum Gasteiger partial charge on any atom is 0.317 e. The highest BCUT2D eigenvalue weighted by molar-refractivity contribution is 5.74. The van der Waals surface area contributed by atoms with Gasteiger partial charge < -0.3 is 25.4 Å². The molecule has 1 aromatic rings. The summed E-state index contributed by atoms with van der Waals surface area (Å²) >= 11 is 0. The lowest BCUT2D eigenvalue weighted by atomic mass is 10.0. The van der Waals surface area contributed by atoms with Crippen LogP contribution in [0.4, 0.5) is 4.79 Å². The van der Waals surface area contributed by atoms with E-state index in [1.54, 1.807) is 0 Å². The average molecular weight is 378 g/mol. The van der Waals surface area contributed by atoms with Crippen LogP contribution in [0.3, 0.4) is 0 Å². The van der Waals surface area contributed by atoms with Crippen LogP contribution < -0.4 is 15.4 Å². The Balaban J connectivity index is 1.47. The van der Waals surface area contributed by atoms with Crippen LogP contribution in [0.1, 0.15) is 45.4 Å². The summed E-state index contributed by atoms with van der Waals surface area (Å²) < 4.78 is 5.57. The fourth-order valence-electron chi connectivity index (χ4n) is 3.23. The first kappa shape index (κ1) is 21.5. The lowest BCUT2D eigenvalue weighted by Gasteiger charge is -2.32. The number of piperidine rings is 1. The van der Waals surface area contributed by atoms with E-state index in [1.165, 1.54) is 0 Å². The van der Waals surface area contributed by atoms with Crippen molar-refractivity contribution in [1.29, 1.82) is 0 Å². The number of amides is 2. The second-order valence-corrected chi connectivity index (χ2v) is 7.22. The molecule has 1 aromatic carbocycles. The van der Waals surface area contributed by atoms with Crippen molar-refractivity contribution in [3.8, 4) is 5.75 Å². The Morgan fingerprint density at radius 3 is 2.67 bits per heavy atom. The van der Waals surface area contributed by atoms with Gasteiger partial charge in [-0.3, -0.25) is 0 Å². The lowest BCUT2D eigenvalue weighted by Crippen LogP contribution is -2.48. The summed E-state index contributed by atoms with van der Waals surface area (Å²) in [5, 5.41) is 16.5. The molecule has 0 saturated carbocycles. The minimum atomic E-state index is -0.421. The second kappa shape index (κ2) is 12.6. The number of benzene rings is 1. The number of nitrogens with one attached hydrogen (secondary N) is 2. The molecule has 1 unspecified atom stereocenters. The van der Waals surface area contributed by atoms with Gasteiger partial charge in [-0.15, -0.1) is 0 Å². The van der Waals surface area contributed by atoms with Crippen LogP contribution in [0.2, 0.25) is 0 Å². The normalized spacial score (nSPS) is 16.1. The fourth-order valence-corrected chi connectivity index (χ4v) is 3.23. The molecule has 0 aromatic heterocycles. The van der Waals surface area contributed by atoms with E-state index in [4.69, 9.17) is 4.74 Å². The maximum absolute atomic E-state index is 11.9. The monoisotopic (exact) mass is 377 g/mol. The molecule has 1 fully saturated rings. The number of hydrogen-bond donors (Lipinski definition) is 3. The van der Waals surface area contributed by atoms with Crippen LogP contribution >= 0.6 is 0 Å². The summed E-state index contributed by atoms with van der Waals surface area (Å²) in [4.78, 5) is 13.8. The first-order chi connectivity index (χ1) is 13.2. The summed E-state index contributed by atoms with van der Waals surface area (Å²) in [6.45, 7) is 5.76. The molecule has 3 N–H and O–H groups in total. The summed E-state index contributed by atoms with van der Waals surface area (Å²) in [6, 6.07) is 10.2. The van der Waals surface area contributed by atoms with Gasteiger partial charge in [0.05, 0.1) is 6.10 Å². The minimum Gasteiger partial charge on any atom is -0.491 e. The van der Waals surface area contributed by atoms with Crippen LogP contribution in [-0.4, -0.2) is 61.0 Å². The van der Waals surface area contributed by atoms with Gasteiger partial charge in [0.2, 0.25) is 0 Å². The predicted molar refractivity (Wildman–Crippen MR) is 108 cm³/mol. The Hall–Kier alpha value is -1.79. The third kappa shape index (κ3) is 8.63. The number of nitrogens with zero attached hydrogens (tertiary/aromatic N) is 1. The molecule has 27 heavy (non-hydrogen) atoms. The van der Waals surface area contributed by atoms with Gasteiger partial charge in [0, 0.05) is 25.7 Å². The van der Waals surface area contributed by atoms with Gasteiger partial charge in [0.1, 0.15) is 12.4 Å². The molecule has 2 rings (SSSR count). The maximum atomic E-state index is 11.9. The van der Waals surface area contributed by atoms with Gasteiger partial charge in [-0.2, -0.15) is 0 Å².